The largest absolute Gasteiger partial charge is 0.387 e. The number of ether oxygens (including phenoxy) is 1. The molecule has 0 aromatic rings. The van der Waals surface area contributed by atoms with Gasteiger partial charge in [-0.3, -0.25) is 4.79 Å². The molecule has 20 heavy (non-hydrogen) atoms. The Morgan fingerprint density at radius 3 is 2.75 bits per heavy atom. The fraction of sp³-hybridized carbons (Fsp3) is 0.700. The van der Waals surface area contributed by atoms with Crippen molar-refractivity contribution >= 4 is 29.1 Å². The first kappa shape index (κ1) is 14.3. The van der Waals surface area contributed by atoms with E-state index in [1.54, 1.807) is 0 Å². The molecule has 0 aromatic heterocycles. The summed E-state index contributed by atoms with van der Waals surface area (Å²) < 4.78 is 18.7. The second-order valence-corrected chi connectivity index (χ2v) is 5.67. The van der Waals surface area contributed by atoms with E-state index >= 15 is 0 Å². The quantitative estimate of drug-likeness (QED) is 0.463. The number of carbonyl (C=O) groups is 1. The predicted molar refractivity (Wildman–Crippen MR) is 64.1 cm³/mol. The van der Waals surface area contributed by atoms with E-state index in [2.05, 4.69) is 0 Å². The second-order valence-electron chi connectivity index (χ2n) is 4.93. The Kier molecular flexibility index (Phi) is 2.99. The first-order valence-electron chi connectivity index (χ1n) is 5.71. The van der Waals surface area contributed by atoms with Crippen molar-refractivity contribution in [1.82, 2.24) is 10.2 Å². The zero-order valence-corrected chi connectivity index (χ0v) is 11.3. The third-order valence-electron chi connectivity index (χ3n) is 3.97. The second kappa shape index (κ2) is 4.19. The highest BCUT2D eigenvalue weighted by Gasteiger charge is 2.87. The van der Waals surface area contributed by atoms with E-state index in [0.29, 0.717) is 0 Å². The number of aliphatic hydroxyl groups excluding tert-OH is 2. The molecule has 3 rings (SSSR count). The highest BCUT2D eigenvalue weighted by atomic mass is 35.5. The van der Waals surface area contributed by atoms with Gasteiger partial charge in [-0.25, -0.2) is 0 Å². The minimum Gasteiger partial charge on any atom is -0.387 e. The molecule has 112 valence electrons. The molecule has 1 saturated carbocycles. The topological polar surface area (TPSA) is 102 Å². The van der Waals surface area contributed by atoms with Crippen LogP contribution in [0.4, 0.5) is 4.39 Å². The van der Waals surface area contributed by atoms with Crippen LogP contribution in [0.3, 0.4) is 0 Å². The van der Waals surface area contributed by atoms with E-state index in [1.165, 1.54) is 0 Å². The van der Waals surface area contributed by atoms with Gasteiger partial charge in [-0.2, -0.15) is 4.39 Å². The van der Waals surface area contributed by atoms with Gasteiger partial charge in [0.1, 0.15) is 22.7 Å². The summed E-state index contributed by atoms with van der Waals surface area (Å²) in [4.78, 5) is 11.9. The molecular weight excluding hydrogens is 318 g/mol. The van der Waals surface area contributed by atoms with Gasteiger partial charge in [-0.15, -0.1) is 23.2 Å². The van der Waals surface area contributed by atoms with E-state index in [1.807, 2.05) is 5.32 Å². The van der Waals surface area contributed by atoms with Gasteiger partial charge in [-0.05, 0) is 0 Å². The number of fused-ring (bicyclic) bond motifs is 1. The highest BCUT2D eigenvalue weighted by molar-refractivity contribution is 6.24. The van der Waals surface area contributed by atoms with Crippen molar-refractivity contribution in [2.45, 2.75) is 35.3 Å². The van der Waals surface area contributed by atoms with Gasteiger partial charge in [0.25, 0.3) is 5.91 Å². The SMILES string of the molecule is O=C1NC(O)N([C@@H]2O[C@]3(CCl)C(O)[C@]3(O)[C@H]2Cl)C=C1F. The van der Waals surface area contributed by atoms with Crippen molar-refractivity contribution in [3.63, 3.8) is 0 Å². The van der Waals surface area contributed by atoms with E-state index in [4.69, 9.17) is 27.9 Å². The zero-order chi connectivity index (χ0) is 14.9. The van der Waals surface area contributed by atoms with Crippen LogP contribution in [0.15, 0.2) is 12.0 Å². The number of amides is 1. The average molecular weight is 329 g/mol. The Hall–Kier alpha value is -0.640. The standard InChI is InChI=1S/C10H11Cl2FN2O5/c11-2-9-7(17)10(9,19)4(12)6(20-9)15-1-3(13)5(16)14-8(15)18/h1,4,6-8,17-19H,2H2,(H,14,16)/t4-,6+,7?,8?,9+,10+/m0/s1. The Labute approximate surface area is 122 Å². The molecule has 2 unspecified atom stereocenters. The smallest absolute Gasteiger partial charge is 0.284 e. The summed E-state index contributed by atoms with van der Waals surface area (Å²) in [5, 5.41) is 30.5. The zero-order valence-electron chi connectivity index (χ0n) is 9.83. The summed E-state index contributed by atoms with van der Waals surface area (Å²) in [6.07, 6.45) is -3.27. The average Bonchev–Trinajstić information content (AvgIpc) is 2.76. The maximum atomic E-state index is 13.3. The van der Waals surface area contributed by atoms with Crippen LogP contribution in [0.25, 0.3) is 0 Å². The van der Waals surface area contributed by atoms with Crippen LogP contribution in [-0.2, 0) is 9.53 Å². The summed E-state index contributed by atoms with van der Waals surface area (Å²) in [5.41, 5.74) is -3.25. The third kappa shape index (κ3) is 1.46. The molecule has 2 heterocycles. The molecule has 0 aromatic carbocycles. The van der Waals surface area contributed by atoms with E-state index in [-0.39, 0.29) is 5.88 Å². The summed E-state index contributed by atoms with van der Waals surface area (Å²) in [5.74, 6) is -2.45. The molecule has 2 aliphatic heterocycles. The summed E-state index contributed by atoms with van der Waals surface area (Å²) in [6.45, 7) is 0. The van der Waals surface area contributed by atoms with Crippen LogP contribution < -0.4 is 5.32 Å². The van der Waals surface area contributed by atoms with Crippen molar-refractivity contribution < 1.29 is 29.2 Å². The molecule has 7 nitrogen and oxygen atoms in total. The lowest BCUT2D eigenvalue weighted by Crippen LogP contribution is -2.57. The van der Waals surface area contributed by atoms with E-state index in [0.717, 1.165) is 11.1 Å². The van der Waals surface area contributed by atoms with Gasteiger partial charge in [0.05, 0.1) is 5.88 Å². The molecule has 2 fully saturated rings. The van der Waals surface area contributed by atoms with Crippen LogP contribution in [0, 0.1) is 0 Å². The lowest BCUT2D eigenvalue weighted by molar-refractivity contribution is -0.152. The fourth-order valence-corrected chi connectivity index (χ4v) is 3.60. The summed E-state index contributed by atoms with van der Waals surface area (Å²) in [7, 11) is 0. The Balaban J connectivity index is 1.89. The third-order valence-corrected chi connectivity index (χ3v) is 4.91. The van der Waals surface area contributed by atoms with Crippen molar-refractivity contribution in [3.05, 3.63) is 12.0 Å². The predicted octanol–water partition coefficient (Wildman–Crippen LogP) is -1.45. The molecular formula is C10H11Cl2FN2O5. The molecule has 3 aliphatic rings. The number of halogens is 3. The number of rotatable bonds is 2. The maximum Gasteiger partial charge on any atom is 0.284 e. The summed E-state index contributed by atoms with van der Waals surface area (Å²) in [6, 6.07) is 0. The first-order valence-corrected chi connectivity index (χ1v) is 6.68. The minimum absolute atomic E-state index is 0.229. The van der Waals surface area contributed by atoms with Crippen LogP contribution in [0.2, 0.25) is 0 Å². The van der Waals surface area contributed by atoms with E-state index < -0.39 is 47.0 Å². The lowest BCUT2D eigenvalue weighted by Gasteiger charge is -2.37. The molecule has 1 saturated heterocycles. The molecule has 0 spiro atoms. The van der Waals surface area contributed by atoms with Crippen molar-refractivity contribution in [1.29, 1.82) is 0 Å². The van der Waals surface area contributed by atoms with Gasteiger partial charge in [0, 0.05) is 6.20 Å². The molecule has 10 heteroatoms. The number of hydrogen-bond acceptors (Lipinski definition) is 6. The van der Waals surface area contributed by atoms with Crippen LogP contribution in [0.1, 0.15) is 0 Å². The van der Waals surface area contributed by atoms with Crippen molar-refractivity contribution in [2.75, 3.05) is 5.88 Å². The van der Waals surface area contributed by atoms with Crippen LogP contribution in [-0.4, -0.2) is 67.3 Å². The molecule has 1 amide bonds. The lowest BCUT2D eigenvalue weighted by atomic mass is 10.1. The highest BCUT2D eigenvalue weighted by Crippen LogP contribution is 2.62. The Morgan fingerprint density at radius 1 is 1.55 bits per heavy atom. The first-order chi connectivity index (χ1) is 9.29. The van der Waals surface area contributed by atoms with Crippen LogP contribution >= 0.6 is 23.2 Å². The molecule has 0 bridgehead atoms. The molecule has 0 radical (unpaired) electrons. The molecule has 4 N–H and O–H groups in total. The maximum absolute atomic E-state index is 13.3. The monoisotopic (exact) mass is 328 g/mol. The van der Waals surface area contributed by atoms with Gasteiger partial charge in [-0.1, -0.05) is 0 Å². The van der Waals surface area contributed by atoms with Crippen LogP contribution in [0.5, 0.6) is 0 Å². The van der Waals surface area contributed by atoms with Gasteiger partial charge >= 0.3 is 0 Å². The fourth-order valence-electron chi connectivity index (χ4n) is 2.69. The Morgan fingerprint density at radius 2 is 2.20 bits per heavy atom. The summed E-state index contributed by atoms with van der Waals surface area (Å²) >= 11 is 11.7. The normalized spacial score (nSPS) is 50.6. The van der Waals surface area contributed by atoms with Crippen molar-refractivity contribution in [3.8, 4) is 0 Å². The number of hydrogen-bond donors (Lipinski definition) is 4. The van der Waals surface area contributed by atoms with Gasteiger partial charge in [0.2, 0.25) is 12.2 Å². The van der Waals surface area contributed by atoms with E-state index in [9.17, 15) is 24.5 Å². The molecule has 6 atom stereocenters. The number of aliphatic hydroxyl groups is 3. The Bertz CT molecular complexity index is 504. The number of nitrogens with zero attached hydrogens (tertiary/aromatic N) is 1. The van der Waals surface area contributed by atoms with Crippen molar-refractivity contribution in [2.24, 2.45) is 0 Å². The minimum atomic E-state index is -1.79. The number of nitrogens with one attached hydrogen (secondary N) is 1. The van der Waals surface area contributed by atoms with Gasteiger partial charge < -0.3 is 30.3 Å². The number of carbonyl (C=O) groups excluding carboxylic acids is 1. The molecule has 1 aliphatic carbocycles. The number of alkyl halides is 2. The van der Waals surface area contributed by atoms with Gasteiger partial charge in [0.15, 0.2) is 6.23 Å².